The maximum absolute atomic E-state index is 12.5. The van der Waals surface area contributed by atoms with E-state index in [1.165, 1.54) is 51.4 Å². The average molecular weight is 579 g/mol. The molecule has 42 heavy (non-hydrogen) atoms. The molecule has 1 aliphatic heterocycles. The SMILES string of the molecule is CC(O)CC(=O)c1c2ccccc2cc2ccccc12.CC1CO1.COC1CCCCC1C.COC1CCCCC1C. The Morgan fingerprint density at radius 3 is 1.55 bits per heavy atom. The standard InChI is InChI=1S/C18H16O2.2C8H16O.C3H6O/c1-12(19)10-17(20)18-15-8-4-2-6-13(15)11-14-7-3-5-9-16(14)18;2*1-7-5-3-4-6-8(7)9-2;1-3-2-4-3/h2-9,11-12,19H,10H2,1H3;2*7-8H,3-6H2,1-2H3;3H,2H2,1H3. The summed E-state index contributed by atoms with van der Waals surface area (Å²) in [5.74, 6) is 1.58. The number of ketones is 1. The summed E-state index contributed by atoms with van der Waals surface area (Å²) >= 11 is 0. The highest BCUT2D eigenvalue weighted by Gasteiger charge is 2.21. The van der Waals surface area contributed by atoms with Gasteiger partial charge in [0.1, 0.15) is 0 Å². The lowest BCUT2D eigenvalue weighted by atomic mass is 9.88. The molecule has 3 aromatic carbocycles. The summed E-state index contributed by atoms with van der Waals surface area (Å²) in [6, 6.07) is 17.9. The third-order valence-electron chi connectivity index (χ3n) is 8.70. The van der Waals surface area contributed by atoms with E-state index < -0.39 is 6.10 Å². The molecule has 0 amide bonds. The zero-order chi connectivity index (χ0) is 30.5. The maximum atomic E-state index is 12.5. The topological polar surface area (TPSA) is 68.3 Å². The van der Waals surface area contributed by atoms with Gasteiger partial charge in [-0.1, -0.05) is 88.1 Å². The van der Waals surface area contributed by atoms with Crippen molar-refractivity contribution in [3.05, 3.63) is 60.2 Å². The number of hydrogen-bond acceptors (Lipinski definition) is 5. The van der Waals surface area contributed by atoms with Crippen LogP contribution in [0.2, 0.25) is 0 Å². The van der Waals surface area contributed by atoms with E-state index in [-0.39, 0.29) is 12.2 Å². The largest absolute Gasteiger partial charge is 0.393 e. The minimum Gasteiger partial charge on any atom is -0.393 e. The van der Waals surface area contributed by atoms with Crippen LogP contribution in [0, 0.1) is 11.8 Å². The zero-order valence-electron chi connectivity index (χ0n) is 26.8. The number of carbonyl (C=O) groups is 1. The Balaban J connectivity index is 0.000000182. The molecule has 6 rings (SSSR count). The molecule has 232 valence electrons. The minimum atomic E-state index is -0.625. The molecule has 0 aromatic heterocycles. The lowest BCUT2D eigenvalue weighted by molar-refractivity contribution is 0.0309. The van der Waals surface area contributed by atoms with Crippen molar-refractivity contribution in [1.29, 1.82) is 0 Å². The van der Waals surface area contributed by atoms with Crippen molar-refractivity contribution in [3.8, 4) is 0 Å². The quantitative estimate of drug-likeness (QED) is 0.186. The van der Waals surface area contributed by atoms with Crippen molar-refractivity contribution in [3.63, 3.8) is 0 Å². The first-order chi connectivity index (χ1) is 20.2. The summed E-state index contributed by atoms with van der Waals surface area (Å²) in [5.41, 5.74) is 0.722. The Bertz CT molecular complexity index is 1140. The smallest absolute Gasteiger partial charge is 0.166 e. The number of epoxide rings is 1. The third-order valence-corrected chi connectivity index (χ3v) is 8.70. The predicted octanol–water partition coefficient (Wildman–Crippen LogP) is 8.77. The van der Waals surface area contributed by atoms with Crippen LogP contribution in [0.3, 0.4) is 0 Å². The van der Waals surface area contributed by atoms with E-state index in [9.17, 15) is 9.90 Å². The van der Waals surface area contributed by atoms with E-state index in [1.807, 2.05) is 62.8 Å². The molecule has 5 nitrogen and oxygen atoms in total. The Kier molecular flexibility index (Phi) is 14.4. The minimum absolute atomic E-state index is 0.00648. The van der Waals surface area contributed by atoms with E-state index in [0.717, 1.165) is 45.6 Å². The van der Waals surface area contributed by atoms with Crippen LogP contribution in [0.5, 0.6) is 0 Å². The number of rotatable bonds is 5. The summed E-state index contributed by atoms with van der Waals surface area (Å²) in [4.78, 5) is 12.5. The predicted molar refractivity (Wildman–Crippen MR) is 174 cm³/mol. The molecule has 2 saturated carbocycles. The number of Topliss-reactive ketones (excluding diaryl/α,β-unsaturated/α-hetero) is 1. The molecule has 6 unspecified atom stereocenters. The zero-order valence-corrected chi connectivity index (χ0v) is 26.8. The molecular formula is C37H54O5. The van der Waals surface area contributed by atoms with Crippen LogP contribution in [-0.4, -0.2) is 56.1 Å². The molecule has 2 aliphatic carbocycles. The molecule has 5 heteroatoms. The summed E-state index contributed by atoms with van der Waals surface area (Å²) < 4.78 is 15.3. The van der Waals surface area contributed by atoms with E-state index >= 15 is 0 Å². The first kappa shape index (κ1) is 34.2. The van der Waals surface area contributed by atoms with Gasteiger partial charge in [0.25, 0.3) is 0 Å². The molecule has 1 N–H and O–H groups in total. The maximum Gasteiger partial charge on any atom is 0.166 e. The van der Waals surface area contributed by atoms with Gasteiger partial charge in [-0.3, -0.25) is 4.79 Å². The normalized spacial score (nSPS) is 25.5. The Morgan fingerprint density at radius 2 is 1.21 bits per heavy atom. The van der Waals surface area contributed by atoms with Crippen LogP contribution in [0.15, 0.2) is 54.6 Å². The van der Waals surface area contributed by atoms with Crippen LogP contribution < -0.4 is 0 Å². The van der Waals surface area contributed by atoms with E-state index in [4.69, 9.17) is 14.2 Å². The second-order valence-corrected chi connectivity index (χ2v) is 12.4. The van der Waals surface area contributed by atoms with Crippen LogP contribution in [0.25, 0.3) is 21.5 Å². The summed E-state index contributed by atoms with van der Waals surface area (Å²) in [6.07, 6.45) is 12.0. The van der Waals surface area contributed by atoms with Crippen molar-refractivity contribution in [2.24, 2.45) is 11.8 Å². The van der Waals surface area contributed by atoms with Crippen LogP contribution in [0.4, 0.5) is 0 Å². The number of fused-ring (bicyclic) bond motifs is 2. The second kappa shape index (κ2) is 17.7. The molecule has 0 radical (unpaired) electrons. The fourth-order valence-electron chi connectivity index (χ4n) is 6.05. The highest BCUT2D eigenvalue weighted by Crippen LogP contribution is 2.30. The molecule has 6 atom stereocenters. The fourth-order valence-corrected chi connectivity index (χ4v) is 6.05. The van der Waals surface area contributed by atoms with E-state index in [0.29, 0.717) is 18.3 Å². The number of ether oxygens (including phenoxy) is 3. The molecule has 0 bridgehead atoms. The van der Waals surface area contributed by atoms with Crippen LogP contribution in [0.1, 0.15) is 95.8 Å². The Morgan fingerprint density at radius 1 is 0.810 bits per heavy atom. The number of hydrogen-bond donors (Lipinski definition) is 1. The molecule has 3 aromatic rings. The second-order valence-electron chi connectivity index (χ2n) is 12.4. The number of carbonyl (C=O) groups excluding carboxylic acids is 1. The van der Waals surface area contributed by atoms with Gasteiger partial charge in [0, 0.05) is 26.2 Å². The number of benzene rings is 3. The first-order valence-electron chi connectivity index (χ1n) is 16.0. The van der Waals surface area contributed by atoms with E-state index in [2.05, 4.69) is 26.8 Å². The van der Waals surface area contributed by atoms with Gasteiger partial charge in [-0.2, -0.15) is 0 Å². The van der Waals surface area contributed by atoms with Crippen molar-refractivity contribution in [1.82, 2.24) is 0 Å². The summed E-state index contributed by atoms with van der Waals surface area (Å²) in [7, 11) is 3.65. The lowest BCUT2D eigenvalue weighted by Crippen LogP contribution is -2.23. The van der Waals surface area contributed by atoms with Gasteiger partial charge in [-0.15, -0.1) is 0 Å². The summed E-state index contributed by atoms with van der Waals surface area (Å²) in [6.45, 7) is 9.26. The summed E-state index contributed by atoms with van der Waals surface area (Å²) in [5, 5.41) is 13.5. The lowest BCUT2D eigenvalue weighted by Gasteiger charge is -2.26. The molecule has 0 spiro atoms. The van der Waals surface area contributed by atoms with Gasteiger partial charge in [0.15, 0.2) is 5.78 Å². The van der Waals surface area contributed by atoms with Crippen LogP contribution in [-0.2, 0) is 14.2 Å². The first-order valence-corrected chi connectivity index (χ1v) is 16.0. The van der Waals surface area contributed by atoms with Gasteiger partial charge < -0.3 is 19.3 Å². The highest BCUT2D eigenvalue weighted by atomic mass is 16.6. The molecule has 1 heterocycles. The van der Waals surface area contributed by atoms with Crippen molar-refractivity contribution in [2.75, 3.05) is 20.8 Å². The molecule has 1 saturated heterocycles. The van der Waals surface area contributed by atoms with Gasteiger partial charge in [0.2, 0.25) is 0 Å². The van der Waals surface area contributed by atoms with Crippen LogP contribution >= 0.6 is 0 Å². The van der Waals surface area contributed by atoms with Crippen molar-refractivity contribution in [2.45, 2.75) is 110 Å². The van der Waals surface area contributed by atoms with E-state index in [1.54, 1.807) is 6.92 Å². The Hall–Kier alpha value is -2.31. The number of methoxy groups -OCH3 is 2. The van der Waals surface area contributed by atoms with Gasteiger partial charge in [0.05, 0.1) is 31.0 Å². The van der Waals surface area contributed by atoms with Crippen molar-refractivity contribution >= 4 is 27.3 Å². The monoisotopic (exact) mass is 578 g/mol. The average Bonchev–Trinajstić information content (AvgIpc) is 3.79. The molecular weight excluding hydrogens is 524 g/mol. The molecule has 3 fully saturated rings. The van der Waals surface area contributed by atoms with Crippen molar-refractivity contribution < 1.29 is 24.1 Å². The van der Waals surface area contributed by atoms with Gasteiger partial charge >= 0.3 is 0 Å². The third kappa shape index (κ3) is 10.8. The van der Waals surface area contributed by atoms with Gasteiger partial charge in [-0.05, 0) is 79.0 Å². The number of aliphatic hydroxyl groups excluding tert-OH is 1. The fraction of sp³-hybridized carbons (Fsp3) is 0.595. The highest BCUT2D eigenvalue weighted by molar-refractivity contribution is 6.19. The Labute approximate surface area is 253 Å². The number of aliphatic hydroxyl groups is 1. The van der Waals surface area contributed by atoms with Gasteiger partial charge in [-0.25, -0.2) is 0 Å². The molecule has 3 aliphatic rings.